The molecule has 1 rings (SSSR count). The second-order valence-corrected chi connectivity index (χ2v) is 6.42. The van der Waals surface area contributed by atoms with E-state index in [1.54, 1.807) is 20.8 Å². The largest absolute Gasteiger partial charge is 0.481 e. The molecular formula is C14H25NO5. The topological polar surface area (TPSA) is 87.1 Å². The average molecular weight is 287 g/mol. The number of hydrogen-bond donors (Lipinski definition) is 2. The van der Waals surface area contributed by atoms with Crippen LogP contribution in [0.1, 0.15) is 46.5 Å². The smallest absolute Gasteiger partial charge is 0.410 e. The molecule has 1 atom stereocenters. The molecule has 0 spiro atoms. The van der Waals surface area contributed by atoms with Crippen LogP contribution >= 0.6 is 0 Å². The molecule has 0 radical (unpaired) electrons. The highest BCUT2D eigenvalue weighted by atomic mass is 16.6. The zero-order chi connectivity index (χ0) is 15.4. The third-order valence-corrected chi connectivity index (χ3v) is 3.50. The molecule has 0 aliphatic carbocycles. The first-order valence-electron chi connectivity index (χ1n) is 7.02. The summed E-state index contributed by atoms with van der Waals surface area (Å²) in [5.74, 6) is -0.904. The van der Waals surface area contributed by atoms with Crippen molar-refractivity contribution in [2.45, 2.75) is 52.1 Å². The van der Waals surface area contributed by atoms with Gasteiger partial charge in [-0.05, 0) is 46.5 Å². The SMILES string of the molecule is CC(C)(C)OC(=O)N1CCCC(CCCO)(C(=O)O)C1. The van der Waals surface area contributed by atoms with E-state index in [0.717, 1.165) is 0 Å². The lowest BCUT2D eigenvalue weighted by atomic mass is 9.76. The van der Waals surface area contributed by atoms with Crippen molar-refractivity contribution in [1.82, 2.24) is 4.90 Å². The summed E-state index contributed by atoms with van der Waals surface area (Å²) in [6, 6.07) is 0. The standard InChI is InChI=1S/C14H25NO5/c1-13(2,3)20-12(19)15-8-4-6-14(10-15,11(17)18)7-5-9-16/h16H,4-10H2,1-3H3,(H,17,18). The van der Waals surface area contributed by atoms with Crippen LogP contribution in [0.15, 0.2) is 0 Å². The Balaban J connectivity index is 2.77. The molecule has 6 heteroatoms. The van der Waals surface area contributed by atoms with E-state index in [9.17, 15) is 14.7 Å². The number of amides is 1. The van der Waals surface area contributed by atoms with E-state index in [2.05, 4.69) is 0 Å². The quantitative estimate of drug-likeness (QED) is 0.824. The molecule has 1 saturated heterocycles. The zero-order valence-corrected chi connectivity index (χ0v) is 12.5. The molecule has 1 fully saturated rings. The highest BCUT2D eigenvalue weighted by Gasteiger charge is 2.43. The Morgan fingerprint density at radius 3 is 2.50 bits per heavy atom. The summed E-state index contributed by atoms with van der Waals surface area (Å²) in [7, 11) is 0. The van der Waals surface area contributed by atoms with Gasteiger partial charge in [-0.1, -0.05) is 0 Å². The Hall–Kier alpha value is -1.30. The van der Waals surface area contributed by atoms with E-state index < -0.39 is 23.1 Å². The predicted molar refractivity (Wildman–Crippen MR) is 73.4 cm³/mol. The summed E-state index contributed by atoms with van der Waals surface area (Å²) >= 11 is 0. The van der Waals surface area contributed by atoms with E-state index in [0.29, 0.717) is 32.2 Å². The van der Waals surface area contributed by atoms with Gasteiger partial charge < -0.3 is 19.8 Å². The van der Waals surface area contributed by atoms with Crippen LogP contribution in [-0.2, 0) is 9.53 Å². The lowest BCUT2D eigenvalue weighted by molar-refractivity contribution is -0.153. The minimum Gasteiger partial charge on any atom is -0.481 e. The summed E-state index contributed by atoms with van der Waals surface area (Å²) < 4.78 is 5.30. The first-order chi connectivity index (χ1) is 9.20. The van der Waals surface area contributed by atoms with Crippen molar-refractivity contribution in [3.63, 3.8) is 0 Å². The highest BCUT2D eigenvalue weighted by Crippen LogP contribution is 2.35. The third-order valence-electron chi connectivity index (χ3n) is 3.50. The molecule has 6 nitrogen and oxygen atoms in total. The van der Waals surface area contributed by atoms with Crippen molar-refractivity contribution in [2.75, 3.05) is 19.7 Å². The van der Waals surface area contributed by atoms with Gasteiger partial charge in [0.2, 0.25) is 0 Å². The van der Waals surface area contributed by atoms with Crippen molar-refractivity contribution >= 4 is 12.1 Å². The molecule has 0 bridgehead atoms. The molecule has 1 aliphatic heterocycles. The van der Waals surface area contributed by atoms with Crippen molar-refractivity contribution in [1.29, 1.82) is 0 Å². The summed E-state index contributed by atoms with van der Waals surface area (Å²) in [5, 5.41) is 18.4. The average Bonchev–Trinajstić information content (AvgIpc) is 2.34. The number of aliphatic hydroxyl groups is 1. The summed E-state index contributed by atoms with van der Waals surface area (Å²) in [6.45, 7) is 5.98. The number of ether oxygens (including phenoxy) is 1. The van der Waals surface area contributed by atoms with Gasteiger partial charge in [-0.2, -0.15) is 0 Å². The Labute approximate surface area is 119 Å². The van der Waals surface area contributed by atoms with Crippen molar-refractivity contribution in [2.24, 2.45) is 5.41 Å². The molecule has 1 aliphatic rings. The zero-order valence-electron chi connectivity index (χ0n) is 12.5. The van der Waals surface area contributed by atoms with Gasteiger partial charge in [0.15, 0.2) is 0 Å². The van der Waals surface area contributed by atoms with Gasteiger partial charge in [0.1, 0.15) is 5.60 Å². The van der Waals surface area contributed by atoms with Gasteiger partial charge in [0.05, 0.1) is 5.41 Å². The maximum Gasteiger partial charge on any atom is 0.410 e. The fraction of sp³-hybridized carbons (Fsp3) is 0.857. The molecule has 2 N–H and O–H groups in total. The predicted octanol–water partition coefficient (Wildman–Crippen LogP) is 1.86. The van der Waals surface area contributed by atoms with E-state index in [1.165, 1.54) is 4.90 Å². The van der Waals surface area contributed by atoms with Gasteiger partial charge in [-0.25, -0.2) is 4.79 Å². The second-order valence-electron chi connectivity index (χ2n) is 6.42. The van der Waals surface area contributed by atoms with Crippen molar-refractivity contribution in [3.05, 3.63) is 0 Å². The molecular weight excluding hydrogens is 262 g/mol. The molecule has 1 unspecified atom stereocenters. The monoisotopic (exact) mass is 287 g/mol. The molecule has 1 heterocycles. The lowest BCUT2D eigenvalue weighted by Gasteiger charge is -2.40. The van der Waals surface area contributed by atoms with Crippen LogP contribution in [0.4, 0.5) is 4.79 Å². The Morgan fingerprint density at radius 1 is 1.35 bits per heavy atom. The number of nitrogens with zero attached hydrogens (tertiary/aromatic N) is 1. The fourth-order valence-electron chi connectivity index (χ4n) is 2.52. The molecule has 1 amide bonds. The van der Waals surface area contributed by atoms with Crippen molar-refractivity contribution < 1.29 is 24.5 Å². The summed E-state index contributed by atoms with van der Waals surface area (Å²) in [6.07, 6.45) is 1.50. The Bertz CT molecular complexity index is 363. The van der Waals surface area contributed by atoms with E-state index >= 15 is 0 Å². The van der Waals surface area contributed by atoms with Crippen LogP contribution < -0.4 is 0 Å². The Kier molecular flexibility index (Phi) is 5.39. The van der Waals surface area contributed by atoms with Crippen LogP contribution in [0.3, 0.4) is 0 Å². The van der Waals surface area contributed by atoms with Gasteiger partial charge in [0.25, 0.3) is 0 Å². The fourth-order valence-corrected chi connectivity index (χ4v) is 2.52. The molecule has 0 aromatic heterocycles. The minimum atomic E-state index is -0.960. The minimum absolute atomic E-state index is 0.0402. The van der Waals surface area contributed by atoms with Crippen LogP contribution in [0, 0.1) is 5.41 Å². The van der Waals surface area contributed by atoms with Gasteiger partial charge >= 0.3 is 12.1 Å². The molecule has 20 heavy (non-hydrogen) atoms. The third kappa shape index (κ3) is 4.37. The molecule has 0 aromatic rings. The molecule has 0 aromatic carbocycles. The number of carboxylic acid groups (broad SMARTS) is 1. The van der Waals surface area contributed by atoms with Gasteiger partial charge in [-0.3, -0.25) is 4.79 Å². The van der Waals surface area contributed by atoms with Crippen LogP contribution in [0.25, 0.3) is 0 Å². The van der Waals surface area contributed by atoms with Crippen molar-refractivity contribution in [3.8, 4) is 0 Å². The first kappa shape index (κ1) is 16.8. The van der Waals surface area contributed by atoms with E-state index in [1.807, 2.05) is 0 Å². The van der Waals surface area contributed by atoms with Crippen LogP contribution in [0.2, 0.25) is 0 Å². The van der Waals surface area contributed by atoms with Crippen LogP contribution in [-0.4, -0.2) is 52.5 Å². The summed E-state index contributed by atoms with van der Waals surface area (Å²) in [5.41, 5.74) is -1.55. The number of aliphatic hydroxyl groups excluding tert-OH is 1. The maximum atomic E-state index is 12.1. The van der Waals surface area contributed by atoms with E-state index in [-0.39, 0.29) is 13.2 Å². The van der Waals surface area contributed by atoms with E-state index in [4.69, 9.17) is 9.84 Å². The van der Waals surface area contributed by atoms with Gasteiger partial charge in [0, 0.05) is 19.7 Å². The number of aliphatic carboxylic acids is 1. The number of likely N-dealkylation sites (tertiary alicyclic amines) is 1. The number of carbonyl (C=O) groups is 2. The normalized spacial score (nSPS) is 23.5. The Morgan fingerprint density at radius 2 is 2.00 bits per heavy atom. The van der Waals surface area contributed by atoms with Crippen LogP contribution in [0.5, 0.6) is 0 Å². The second kappa shape index (κ2) is 6.43. The maximum absolute atomic E-state index is 12.1. The summed E-state index contributed by atoms with van der Waals surface area (Å²) in [4.78, 5) is 25.1. The first-order valence-corrected chi connectivity index (χ1v) is 7.02. The highest BCUT2D eigenvalue weighted by molar-refractivity contribution is 5.77. The number of piperidine rings is 1. The number of carbonyl (C=O) groups excluding carboxylic acids is 1. The lowest BCUT2D eigenvalue weighted by Crippen LogP contribution is -2.51. The number of carboxylic acids is 1. The van der Waals surface area contributed by atoms with Gasteiger partial charge in [-0.15, -0.1) is 0 Å². The number of rotatable bonds is 4. The molecule has 116 valence electrons. The number of hydrogen-bond acceptors (Lipinski definition) is 4. The molecule has 0 saturated carbocycles.